The van der Waals surface area contributed by atoms with Gasteiger partial charge in [0.05, 0.1) is 5.54 Å². The number of nitrogens with zero attached hydrogens (tertiary/aromatic N) is 1. The number of nitrogens with one attached hydrogen (secondary N) is 1. The first-order valence-electron chi connectivity index (χ1n) is 5.63. The zero-order valence-corrected chi connectivity index (χ0v) is 11.7. The molecule has 1 rings (SSSR count). The first kappa shape index (κ1) is 16.3. The van der Waals surface area contributed by atoms with Gasteiger partial charge in [0.15, 0.2) is 5.84 Å². The number of rotatable bonds is 5. The van der Waals surface area contributed by atoms with E-state index in [1.165, 1.54) is 6.92 Å². The van der Waals surface area contributed by atoms with Crippen molar-refractivity contribution in [3.63, 3.8) is 0 Å². The molecule has 1 aromatic rings. The van der Waals surface area contributed by atoms with E-state index in [1.807, 2.05) is 0 Å². The van der Waals surface area contributed by atoms with Crippen LogP contribution in [0.1, 0.15) is 20.3 Å². The van der Waals surface area contributed by atoms with Gasteiger partial charge in [-0.1, -0.05) is 12.1 Å². The summed E-state index contributed by atoms with van der Waals surface area (Å²) in [7, 11) is -4.30. The van der Waals surface area contributed by atoms with E-state index in [0.29, 0.717) is 6.07 Å². The summed E-state index contributed by atoms with van der Waals surface area (Å²) in [4.78, 5) is -0.718. The first-order chi connectivity index (χ1) is 9.16. The average Bonchev–Trinajstić information content (AvgIpc) is 2.36. The highest BCUT2D eigenvalue weighted by molar-refractivity contribution is 7.89. The summed E-state index contributed by atoms with van der Waals surface area (Å²) in [5, 5.41) is 11.4. The number of amidine groups is 1. The Morgan fingerprint density at radius 2 is 2.10 bits per heavy atom. The second-order valence-electron chi connectivity index (χ2n) is 4.35. The minimum absolute atomic E-state index is 0.158. The Morgan fingerprint density at radius 1 is 1.50 bits per heavy atom. The Hall–Kier alpha value is -1.74. The van der Waals surface area contributed by atoms with Crippen LogP contribution in [0, 0.1) is 11.6 Å². The normalized spacial score (nSPS) is 15.9. The summed E-state index contributed by atoms with van der Waals surface area (Å²) in [5.74, 6) is -2.49. The summed E-state index contributed by atoms with van der Waals surface area (Å²) in [6.07, 6.45) is 0.158. The predicted molar refractivity (Wildman–Crippen MR) is 68.8 cm³/mol. The Balaban J connectivity index is 3.24. The van der Waals surface area contributed by atoms with Gasteiger partial charge in [0.1, 0.15) is 16.5 Å². The maximum absolute atomic E-state index is 13.5. The number of oxime groups is 1. The maximum Gasteiger partial charge on any atom is 0.244 e. The SMILES string of the molecule is CCC(C)(NS(=O)(=O)c1ccc(F)cc1F)/C(N)=N/O. The summed E-state index contributed by atoms with van der Waals surface area (Å²) in [5.41, 5.74) is 4.03. The minimum atomic E-state index is -4.30. The molecule has 0 aliphatic carbocycles. The molecule has 20 heavy (non-hydrogen) atoms. The highest BCUT2D eigenvalue weighted by Crippen LogP contribution is 2.19. The first-order valence-corrected chi connectivity index (χ1v) is 7.11. The van der Waals surface area contributed by atoms with Crippen LogP contribution in [0.5, 0.6) is 0 Å². The molecule has 0 aromatic heterocycles. The van der Waals surface area contributed by atoms with Crippen LogP contribution in [0.4, 0.5) is 8.78 Å². The fraction of sp³-hybridized carbons (Fsp3) is 0.364. The molecule has 1 aromatic carbocycles. The summed E-state index contributed by atoms with van der Waals surface area (Å²) in [6.45, 7) is 2.97. The van der Waals surface area contributed by atoms with Gasteiger partial charge < -0.3 is 10.9 Å². The molecule has 0 amide bonds. The highest BCUT2D eigenvalue weighted by atomic mass is 32.2. The van der Waals surface area contributed by atoms with E-state index in [0.717, 1.165) is 12.1 Å². The van der Waals surface area contributed by atoms with Gasteiger partial charge in [-0.2, -0.15) is 4.72 Å². The number of hydrogen-bond donors (Lipinski definition) is 3. The molecule has 6 nitrogen and oxygen atoms in total. The zero-order valence-electron chi connectivity index (χ0n) is 10.9. The van der Waals surface area contributed by atoms with Crippen LogP contribution < -0.4 is 10.5 Å². The molecule has 0 heterocycles. The predicted octanol–water partition coefficient (Wildman–Crippen LogP) is 1.16. The molecule has 0 radical (unpaired) electrons. The van der Waals surface area contributed by atoms with Crippen LogP contribution in [0.15, 0.2) is 28.3 Å². The summed E-state index contributed by atoms with van der Waals surface area (Å²) in [6, 6.07) is 2.08. The van der Waals surface area contributed by atoms with Gasteiger partial charge >= 0.3 is 0 Å². The van der Waals surface area contributed by atoms with Gasteiger partial charge in [0.2, 0.25) is 10.0 Å². The quantitative estimate of drug-likeness (QED) is 0.328. The molecule has 112 valence electrons. The van der Waals surface area contributed by atoms with Crippen molar-refractivity contribution < 1.29 is 22.4 Å². The largest absolute Gasteiger partial charge is 0.409 e. The van der Waals surface area contributed by atoms with Gasteiger partial charge in [-0.3, -0.25) is 0 Å². The maximum atomic E-state index is 13.5. The highest BCUT2D eigenvalue weighted by Gasteiger charge is 2.34. The third-order valence-electron chi connectivity index (χ3n) is 2.92. The van der Waals surface area contributed by atoms with E-state index >= 15 is 0 Å². The van der Waals surface area contributed by atoms with Crippen LogP contribution in [0.2, 0.25) is 0 Å². The Kier molecular flexibility index (Phi) is 4.66. The van der Waals surface area contributed by atoms with Gasteiger partial charge in [-0.25, -0.2) is 17.2 Å². The lowest BCUT2D eigenvalue weighted by Gasteiger charge is -2.27. The monoisotopic (exact) mass is 307 g/mol. The van der Waals surface area contributed by atoms with Crippen molar-refractivity contribution in [1.82, 2.24) is 4.72 Å². The van der Waals surface area contributed by atoms with Crippen molar-refractivity contribution in [2.45, 2.75) is 30.7 Å². The zero-order chi connectivity index (χ0) is 15.6. The van der Waals surface area contributed by atoms with Crippen LogP contribution in [-0.2, 0) is 10.0 Å². The second kappa shape index (κ2) is 5.71. The van der Waals surface area contributed by atoms with E-state index in [1.54, 1.807) is 6.92 Å². The number of benzene rings is 1. The number of nitrogens with two attached hydrogens (primary N) is 1. The fourth-order valence-electron chi connectivity index (χ4n) is 1.46. The Morgan fingerprint density at radius 3 is 2.55 bits per heavy atom. The molecule has 9 heteroatoms. The van der Waals surface area contributed by atoms with Gasteiger partial charge in [-0.15, -0.1) is 0 Å². The third-order valence-corrected chi connectivity index (χ3v) is 4.55. The number of halogens is 2. The van der Waals surface area contributed by atoms with E-state index in [4.69, 9.17) is 10.9 Å². The van der Waals surface area contributed by atoms with Crippen LogP contribution in [0.25, 0.3) is 0 Å². The standard InChI is InChI=1S/C11H15F2N3O3S/c1-3-11(2,10(14)15-17)16-20(18,19)9-5-4-7(12)6-8(9)13/h4-6,16-17H,3H2,1-2H3,(H2,14,15). The lowest BCUT2D eigenvalue weighted by Crippen LogP contribution is -2.54. The molecule has 0 fully saturated rings. The van der Waals surface area contributed by atoms with E-state index in [2.05, 4.69) is 9.88 Å². The number of sulfonamides is 1. The molecule has 0 saturated carbocycles. The molecule has 1 unspecified atom stereocenters. The lowest BCUT2D eigenvalue weighted by molar-refractivity contribution is 0.310. The van der Waals surface area contributed by atoms with Gasteiger partial charge in [0.25, 0.3) is 0 Å². The second-order valence-corrected chi connectivity index (χ2v) is 6.00. The Labute approximate surface area is 115 Å². The summed E-state index contributed by atoms with van der Waals surface area (Å²) >= 11 is 0. The molecule has 0 aliphatic heterocycles. The van der Waals surface area contributed by atoms with Crippen LogP contribution in [-0.4, -0.2) is 25.0 Å². The molecule has 0 aliphatic rings. The molecule has 4 N–H and O–H groups in total. The molecular weight excluding hydrogens is 292 g/mol. The minimum Gasteiger partial charge on any atom is -0.409 e. The van der Waals surface area contributed by atoms with Gasteiger partial charge in [-0.05, 0) is 25.5 Å². The van der Waals surface area contributed by atoms with Crippen molar-refractivity contribution in [3.05, 3.63) is 29.8 Å². The molecular formula is C11H15F2N3O3S. The molecule has 0 bridgehead atoms. The lowest BCUT2D eigenvalue weighted by atomic mass is 10.00. The molecule has 0 spiro atoms. The van der Waals surface area contributed by atoms with Crippen molar-refractivity contribution in [2.75, 3.05) is 0 Å². The van der Waals surface area contributed by atoms with Crippen molar-refractivity contribution in [2.24, 2.45) is 10.9 Å². The third kappa shape index (κ3) is 3.23. The smallest absolute Gasteiger partial charge is 0.244 e. The van der Waals surface area contributed by atoms with E-state index in [-0.39, 0.29) is 12.3 Å². The average molecular weight is 307 g/mol. The van der Waals surface area contributed by atoms with Crippen molar-refractivity contribution >= 4 is 15.9 Å². The van der Waals surface area contributed by atoms with Gasteiger partial charge in [0, 0.05) is 6.07 Å². The summed E-state index contributed by atoms with van der Waals surface area (Å²) < 4.78 is 52.7. The van der Waals surface area contributed by atoms with E-state index in [9.17, 15) is 17.2 Å². The topological polar surface area (TPSA) is 105 Å². The fourth-order valence-corrected chi connectivity index (χ4v) is 2.98. The van der Waals surface area contributed by atoms with Crippen molar-refractivity contribution in [1.29, 1.82) is 0 Å². The van der Waals surface area contributed by atoms with Crippen LogP contribution >= 0.6 is 0 Å². The molecule has 1 atom stereocenters. The molecule has 0 saturated heterocycles. The number of hydrogen-bond acceptors (Lipinski definition) is 4. The van der Waals surface area contributed by atoms with E-state index < -0.39 is 32.1 Å². The van der Waals surface area contributed by atoms with Crippen LogP contribution in [0.3, 0.4) is 0 Å². The van der Waals surface area contributed by atoms with Crippen molar-refractivity contribution in [3.8, 4) is 0 Å². The Bertz CT molecular complexity index is 634.